The maximum atomic E-state index is 12.4. The van der Waals surface area contributed by atoms with Gasteiger partial charge >= 0.3 is 5.97 Å². The second kappa shape index (κ2) is 6.51. The molecule has 0 radical (unpaired) electrons. The molecule has 0 amide bonds. The molecule has 0 saturated heterocycles. The number of carbonyl (C=O) groups excluding carboxylic acids is 1. The summed E-state index contributed by atoms with van der Waals surface area (Å²) in [6.07, 6.45) is 6.53. The zero-order valence-electron chi connectivity index (χ0n) is 15.3. The summed E-state index contributed by atoms with van der Waals surface area (Å²) < 4.78 is 12.1. The molecule has 3 nitrogen and oxygen atoms in total. The van der Waals surface area contributed by atoms with Crippen LogP contribution in [-0.4, -0.2) is 18.4 Å². The first-order valence-corrected chi connectivity index (χ1v) is 8.97. The van der Waals surface area contributed by atoms with Crippen molar-refractivity contribution < 1.29 is 14.3 Å². The lowest BCUT2D eigenvalue weighted by molar-refractivity contribution is -0.210. The Bertz CT molecular complexity index is 394. The predicted octanol–water partition coefficient (Wildman–Crippen LogP) is 4.93. The Morgan fingerprint density at radius 3 is 2.27 bits per heavy atom. The molecule has 2 bridgehead atoms. The van der Waals surface area contributed by atoms with Gasteiger partial charge in [-0.25, -0.2) is 0 Å². The highest BCUT2D eigenvalue weighted by molar-refractivity contribution is 5.75. The Balaban J connectivity index is 1.98. The van der Waals surface area contributed by atoms with Gasteiger partial charge in [-0.05, 0) is 63.2 Å². The summed E-state index contributed by atoms with van der Waals surface area (Å²) in [4.78, 5) is 12.4. The second-order valence-corrected chi connectivity index (χ2v) is 9.19. The van der Waals surface area contributed by atoms with Crippen LogP contribution < -0.4 is 0 Å². The molecule has 0 aromatic heterocycles. The summed E-state index contributed by atoms with van der Waals surface area (Å²) in [7, 11) is 0. The van der Waals surface area contributed by atoms with Crippen molar-refractivity contribution in [3.63, 3.8) is 0 Å². The Morgan fingerprint density at radius 1 is 1.14 bits per heavy atom. The zero-order chi connectivity index (χ0) is 16.5. The lowest BCUT2D eigenvalue weighted by Gasteiger charge is -2.33. The first-order valence-electron chi connectivity index (χ1n) is 8.97. The quantitative estimate of drug-likeness (QED) is 0.515. The maximum absolute atomic E-state index is 12.4. The average molecular weight is 310 g/mol. The van der Waals surface area contributed by atoms with Crippen LogP contribution in [0.4, 0.5) is 0 Å². The fourth-order valence-corrected chi connectivity index (χ4v) is 3.59. The summed E-state index contributed by atoms with van der Waals surface area (Å²) >= 11 is 0. The van der Waals surface area contributed by atoms with Gasteiger partial charge in [0.25, 0.3) is 0 Å². The fraction of sp³-hybridized carbons (Fsp3) is 0.947. The molecule has 22 heavy (non-hydrogen) atoms. The maximum Gasteiger partial charge on any atom is 0.313 e. The van der Waals surface area contributed by atoms with E-state index in [9.17, 15) is 4.79 Å². The lowest BCUT2D eigenvalue weighted by atomic mass is 9.89. The molecule has 0 aromatic carbocycles. The van der Waals surface area contributed by atoms with E-state index in [4.69, 9.17) is 9.47 Å². The number of ether oxygens (including phenoxy) is 2. The third kappa shape index (κ3) is 4.47. The van der Waals surface area contributed by atoms with Crippen molar-refractivity contribution in [2.75, 3.05) is 0 Å². The van der Waals surface area contributed by atoms with Gasteiger partial charge in [-0.1, -0.05) is 27.7 Å². The highest BCUT2D eigenvalue weighted by Gasteiger charge is 2.42. The summed E-state index contributed by atoms with van der Waals surface area (Å²) in [6, 6.07) is 0. The van der Waals surface area contributed by atoms with Crippen LogP contribution in [0, 0.1) is 22.7 Å². The Hall–Kier alpha value is -0.570. The molecule has 2 aliphatic carbocycles. The second-order valence-electron chi connectivity index (χ2n) is 9.19. The van der Waals surface area contributed by atoms with Crippen LogP contribution in [0.1, 0.15) is 80.1 Å². The number of fused-ring (bicyclic) bond motifs is 2. The van der Waals surface area contributed by atoms with Gasteiger partial charge in [0.1, 0.15) is 0 Å². The zero-order valence-corrected chi connectivity index (χ0v) is 15.3. The molecule has 3 heteroatoms. The number of hydrogen-bond donors (Lipinski definition) is 0. The van der Waals surface area contributed by atoms with Crippen molar-refractivity contribution in [3.05, 3.63) is 0 Å². The molecule has 2 fully saturated rings. The van der Waals surface area contributed by atoms with Gasteiger partial charge in [-0.2, -0.15) is 0 Å². The number of esters is 1. The topological polar surface area (TPSA) is 35.5 Å². The van der Waals surface area contributed by atoms with E-state index in [0.717, 1.165) is 25.2 Å². The van der Waals surface area contributed by atoms with Crippen LogP contribution >= 0.6 is 0 Å². The molecule has 4 atom stereocenters. The smallest absolute Gasteiger partial charge is 0.313 e. The van der Waals surface area contributed by atoms with Gasteiger partial charge in [0.15, 0.2) is 0 Å². The van der Waals surface area contributed by atoms with Crippen LogP contribution in [-0.2, 0) is 14.3 Å². The van der Waals surface area contributed by atoms with Crippen LogP contribution in [0.5, 0.6) is 0 Å². The molecule has 0 aliphatic heterocycles. The molecule has 0 N–H and O–H groups in total. The molecule has 2 aliphatic rings. The molecule has 2 rings (SSSR count). The van der Waals surface area contributed by atoms with Gasteiger partial charge in [0.05, 0.1) is 11.5 Å². The normalized spacial score (nSPS) is 29.6. The molecule has 128 valence electrons. The van der Waals surface area contributed by atoms with Crippen LogP contribution in [0.25, 0.3) is 0 Å². The Morgan fingerprint density at radius 2 is 1.82 bits per heavy atom. The molecule has 0 aromatic rings. The largest absolute Gasteiger partial charge is 0.435 e. The predicted molar refractivity (Wildman–Crippen MR) is 88.3 cm³/mol. The fourth-order valence-electron chi connectivity index (χ4n) is 3.59. The van der Waals surface area contributed by atoms with E-state index in [2.05, 4.69) is 20.8 Å². The summed E-state index contributed by atoms with van der Waals surface area (Å²) in [5.74, 6) is 1.39. The first kappa shape index (κ1) is 17.8. The third-order valence-electron chi connectivity index (χ3n) is 5.45. The Labute approximate surface area is 136 Å². The summed E-state index contributed by atoms with van der Waals surface area (Å²) in [5, 5.41) is 0. The van der Waals surface area contributed by atoms with Gasteiger partial charge < -0.3 is 9.47 Å². The van der Waals surface area contributed by atoms with Crippen molar-refractivity contribution in [2.24, 2.45) is 22.7 Å². The van der Waals surface area contributed by atoms with Crippen molar-refractivity contribution >= 4 is 5.97 Å². The van der Waals surface area contributed by atoms with Gasteiger partial charge in [-0.15, -0.1) is 0 Å². The van der Waals surface area contributed by atoms with Crippen LogP contribution in [0.3, 0.4) is 0 Å². The van der Waals surface area contributed by atoms with Crippen LogP contribution in [0.15, 0.2) is 0 Å². The molecule has 0 heterocycles. The van der Waals surface area contributed by atoms with E-state index in [1.54, 1.807) is 0 Å². The highest BCUT2D eigenvalue weighted by atomic mass is 16.7. The standard InChI is InChI=1S/C19H34O3/c1-7-19(5,6)17(20)22-16(12-18(2,3)4)21-15-11-13-8-9-14(15)10-13/h13-16H,7-12H2,1-6H3. The highest BCUT2D eigenvalue weighted by Crippen LogP contribution is 2.46. The minimum atomic E-state index is -0.436. The average Bonchev–Trinajstić information content (AvgIpc) is 2.98. The van der Waals surface area contributed by atoms with Crippen molar-refractivity contribution in [2.45, 2.75) is 92.5 Å². The van der Waals surface area contributed by atoms with Crippen molar-refractivity contribution in [3.8, 4) is 0 Å². The molecular formula is C19H34O3. The Kier molecular flexibility index (Phi) is 5.26. The SMILES string of the molecule is CCC(C)(C)C(=O)OC(CC(C)(C)C)OC1CC2CCC1C2. The number of rotatable bonds is 6. The van der Waals surface area contributed by atoms with Gasteiger partial charge in [0.2, 0.25) is 6.29 Å². The molecular weight excluding hydrogens is 276 g/mol. The summed E-state index contributed by atoms with van der Waals surface area (Å²) in [6.45, 7) is 12.4. The van der Waals surface area contributed by atoms with E-state index in [0.29, 0.717) is 12.0 Å². The van der Waals surface area contributed by atoms with Gasteiger partial charge in [0, 0.05) is 6.42 Å². The number of carbonyl (C=O) groups is 1. The third-order valence-corrected chi connectivity index (χ3v) is 5.45. The lowest BCUT2D eigenvalue weighted by Crippen LogP contribution is -2.36. The van der Waals surface area contributed by atoms with E-state index in [-0.39, 0.29) is 11.4 Å². The van der Waals surface area contributed by atoms with E-state index < -0.39 is 11.7 Å². The first-order chi connectivity index (χ1) is 10.1. The van der Waals surface area contributed by atoms with E-state index >= 15 is 0 Å². The molecule has 4 unspecified atom stereocenters. The van der Waals surface area contributed by atoms with E-state index in [1.807, 2.05) is 20.8 Å². The molecule has 2 saturated carbocycles. The van der Waals surface area contributed by atoms with Crippen molar-refractivity contribution in [1.29, 1.82) is 0 Å². The minimum Gasteiger partial charge on any atom is -0.435 e. The minimum absolute atomic E-state index is 0.0823. The number of hydrogen-bond acceptors (Lipinski definition) is 3. The van der Waals surface area contributed by atoms with Crippen LogP contribution in [0.2, 0.25) is 0 Å². The monoisotopic (exact) mass is 310 g/mol. The van der Waals surface area contributed by atoms with Crippen molar-refractivity contribution in [1.82, 2.24) is 0 Å². The van der Waals surface area contributed by atoms with E-state index in [1.165, 1.54) is 19.3 Å². The van der Waals surface area contributed by atoms with Gasteiger partial charge in [-0.3, -0.25) is 4.79 Å². The molecule has 0 spiro atoms. The summed E-state index contributed by atoms with van der Waals surface area (Å²) in [5.41, 5.74) is -0.354.